The van der Waals surface area contributed by atoms with E-state index in [1.165, 1.54) is 12.0 Å². The highest BCUT2D eigenvalue weighted by atomic mass is 16.5. The molecule has 0 amide bonds. The molecule has 0 unspecified atom stereocenters. The molecule has 0 radical (unpaired) electrons. The summed E-state index contributed by atoms with van der Waals surface area (Å²) in [6.07, 6.45) is 3.08. The lowest BCUT2D eigenvalue weighted by atomic mass is 10.1. The zero-order valence-electron chi connectivity index (χ0n) is 12.1. The Hall–Kier alpha value is -1.81. The topological polar surface area (TPSA) is 41.1 Å². The number of aromatic nitrogens is 2. The highest BCUT2D eigenvalue weighted by molar-refractivity contribution is 5.33. The average Bonchev–Trinajstić information content (AvgIpc) is 3.08. The smallest absolute Gasteiger partial charge is 0.123 e. The van der Waals surface area contributed by atoms with E-state index in [-0.39, 0.29) is 0 Å². The van der Waals surface area contributed by atoms with E-state index in [9.17, 15) is 0 Å². The van der Waals surface area contributed by atoms with Crippen molar-refractivity contribution in [2.75, 3.05) is 20.2 Å². The molecule has 1 aromatic carbocycles. The highest BCUT2D eigenvalue weighted by Gasteiger charge is 2.26. The van der Waals surface area contributed by atoms with E-state index in [4.69, 9.17) is 4.74 Å². The lowest BCUT2D eigenvalue weighted by molar-refractivity contribution is 0.316. The number of para-hydroxylation sites is 1. The first kappa shape index (κ1) is 13.2. The quantitative estimate of drug-likeness (QED) is 0.929. The first-order chi connectivity index (χ1) is 9.76. The maximum Gasteiger partial charge on any atom is 0.123 e. The number of H-pyrrole nitrogens is 1. The second kappa shape index (κ2) is 5.67. The van der Waals surface area contributed by atoms with Gasteiger partial charge in [-0.25, -0.2) is 4.98 Å². The van der Waals surface area contributed by atoms with Crippen LogP contribution < -0.4 is 4.74 Å². The normalized spacial score (nSPS) is 19.4. The summed E-state index contributed by atoms with van der Waals surface area (Å²) in [4.78, 5) is 10.3. The van der Waals surface area contributed by atoms with Crippen LogP contribution in [0.5, 0.6) is 5.75 Å². The predicted octanol–water partition coefficient (Wildman–Crippen LogP) is 2.72. The molecule has 2 aromatic rings. The molecular weight excluding hydrogens is 250 g/mol. The Kier molecular flexibility index (Phi) is 3.74. The minimum atomic E-state index is 0.526. The number of benzene rings is 1. The summed E-state index contributed by atoms with van der Waals surface area (Å²) in [6.45, 7) is 5.17. The Labute approximate surface area is 119 Å². The molecule has 1 N–H and O–H groups in total. The fourth-order valence-corrected chi connectivity index (χ4v) is 2.91. The Morgan fingerprint density at radius 3 is 3.00 bits per heavy atom. The monoisotopic (exact) mass is 271 g/mol. The molecule has 1 aromatic heterocycles. The van der Waals surface area contributed by atoms with E-state index < -0.39 is 0 Å². The number of methoxy groups -OCH3 is 1. The van der Waals surface area contributed by atoms with Crippen molar-refractivity contribution in [3.05, 3.63) is 47.5 Å². The summed E-state index contributed by atoms with van der Waals surface area (Å²) in [5, 5.41) is 0. The molecule has 1 saturated heterocycles. The van der Waals surface area contributed by atoms with Crippen LogP contribution in [-0.2, 0) is 6.54 Å². The van der Waals surface area contributed by atoms with E-state index in [1.807, 2.05) is 18.3 Å². The Morgan fingerprint density at radius 2 is 2.25 bits per heavy atom. The Morgan fingerprint density at radius 1 is 1.40 bits per heavy atom. The van der Waals surface area contributed by atoms with Crippen molar-refractivity contribution in [1.82, 2.24) is 14.9 Å². The number of nitrogens with one attached hydrogen (secondary N) is 1. The third kappa shape index (κ3) is 2.70. The molecule has 1 aliphatic heterocycles. The summed E-state index contributed by atoms with van der Waals surface area (Å²) in [5.41, 5.74) is 2.40. The van der Waals surface area contributed by atoms with Crippen molar-refractivity contribution in [3.63, 3.8) is 0 Å². The molecule has 0 bridgehead atoms. The third-order valence-corrected chi connectivity index (χ3v) is 3.97. The van der Waals surface area contributed by atoms with Crippen LogP contribution >= 0.6 is 0 Å². The summed E-state index contributed by atoms with van der Waals surface area (Å²) in [7, 11) is 1.73. The number of ether oxygens (including phenoxy) is 1. The molecule has 3 rings (SSSR count). The fraction of sp³-hybridized carbons (Fsp3) is 0.438. The number of hydrogen-bond acceptors (Lipinski definition) is 3. The van der Waals surface area contributed by atoms with Crippen LogP contribution in [0, 0.1) is 6.92 Å². The van der Waals surface area contributed by atoms with Crippen LogP contribution in [0.3, 0.4) is 0 Å². The van der Waals surface area contributed by atoms with Gasteiger partial charge in [-0.2, -0.15) is 0 Å². The molecule has 0 aliphatic carbocycles. The van der Waals surface area contributed by atoms with Gasteiger partial charge < -0.3 is 9.72 Å². The van der Waals surface area contributed by atoms with Gasteiger partial charge in [0.05, 0.1) is 7.11 Å². The van der Waals surface area contributed by atoms with E-state index in [2.05, 4.69) is 33.9 Å². The molecule has 1 atom stereocenters. The lowest BCUT2D eigenvalue weighted by Gasteiger charge is -2.17. The van der Waals surface area contributed by atoms with Crippen LogP contribution in [0.25, 0.3) is 0 Å². The standard InChI is InChI=1S/C16H21N3O/c1-12-9-17-16(18-12)14-7-8-19(11-14)10-13-5-3-4-6-15(13)20-2/h3-6,9,14H,7-8,10-11H2,1-2H3,(H,17,18)/t14-/m1/s1. The van der Waals surface area contributed by atoms with E-state index in [0.29, 0.717) is 5.92 Å². The van der Waals surface area contributed by atoms with Crippen LogP contribution in [-0.4, -0.2) is 35.1 Å². The van der Waals surface area contributed by atoms with Crippen LogP contribution in [0.2, 0.25) is 0 Å². The average molecular weight is 271 g/mol. The van der Waals surface area contributed by atoms with Gasteiger partial charge in [0.1, 0.15) is 11.6 Å². The minimum absolute atomic E-state index is 0.526. The van der Waals surface area contributed by atoms with Crippen molar-refractivity contribution in [3.8, 4) is 5.75 Å². The number of imidazole rings is 1. The van der Waals surface area contributed by atoms with Crippen LogP contribution in [0.1, 0.15) is 29.4 Å². The van der Waals surface area contributed by atoms with Gasteiger partial charge in [0.2, 0.25) is 0 Å². The van der Waals surface area contributed by atoms with Crippen molar-refractivity contribution in [2.45, 2.75) is 25.8 Å². The van der Waals surface area contributed by atoms with Gasteiger partial charge in [-0.3, -0.25) is 4.90 Å². The third-order valence-electron chi connectivity index (χ3n) is 3.97. The molecule has 0 spiro atoms. The van der Waals surface area contributed by atoms with Gasteiger partial charge in [-0.1, -0.05) is 18.2 Å². The Bertz CT molecular complexity index is 579. The summed E-state index contributed by atoms with van der Waals surface area (Å²) in [6, 6.07) is 8.25. The van der Waals surface area contributed by atoms with E-state index >= 15 is 0 Å². The van der Waals surface area contributed by atoms with Crippen molar-refractivity contribution < 1.29 is 4.74 Å². The largest absolute Gasteiger partial charge is 0.496 e. The van der Waals surface area contributed by atoms with Gasteiger partial charge in [-0.15, -0.1) is 0 Å². The molecule has 2 heterocycles. The second-order valence-corrected chi connectivity index (χ2v) is 5.48. The number of rotatable bonds is 4. The number of likely N-dealkylation sites (tertiary alicyclic amines) is 1. The Balaban J connectivity index is 1.66. The number of hydrogen-bond donors (Lipinski definition) is 1. The minimum Gasteiger partial charge on any atom is -0.496 e. The zero-order chi connectivity index (χ0) is 13.9. The van der Waals surface area contributed by atoms with E-state index in [0.717, 1.165) is 36.9 Å². The van der Waals surface area contributed by atoms with Crippen molar-refractivity contribution in [1.29, 1.82) is 0 Å². The molecule has 4 heteroatoms. The van der Waals surface area contributed by atoms with Gasteiger partial charge in [0.25, 0.3) is 0 Å². The first-order valence-electron chi connectivity index (χ1n) is 7.12. The SMILES string of the molecule is COc1ccccc1CN1CC[C@@H](c2ncc(C)[nH]2)C1. The number of aryl methyl sites for hydroxylation is 1. The van der Waals surface area contributed by atoms with Crippen LogP contribution in [0.4, 0.5) is 0 Å². The maximum atomic E-state index is 5.43. The second-order valence-electron chi connectivity index (χ2n) is 5.48. The lowest BCUT2D eigenvalue weighted by Crippen LogP contribution is -2.20. The van der Waals surface area contributed by atoms with Crippen molar-refractivity contribution in [2.24, 2.45) is 0 Å². The number of nitrogens with zero attached hydrogens (tertiary/aromatic N) is 2. The maximum absolute atomic E-state index is 5.43. The molecule has 1 fully saturated rings. The first-order valence-corrected chi connectivity index (χ1v) is 7.12. The summed E-state index contributed by atoms with van der Waals surface area (Å²) >= 11 is 0. The molecule has 1 aliphatic rings. The highest BCUT2D eigenvalue weighted by Crippen LogP contribution is 2.28. The van der Waals surface area contributed by atoms with Gasteiger partial charge in [-0.05, 0) is 26.0 Å². The molecule has 0 saturated carbocycles. The molecule has 4 nitrogen and oxygen atoms in total. The van der Waals surface area contributed by atoms with E-state index in [1.54, 1.807) is 7.11 Å². The molecular formula is C16H21N3O. The van der Waals surface area contributed by atoms with Crippen LogP contribution in [0.15, 0.2) is 30.5 Å². The van der Waals surface area contributed by atoms with Gasteiger partial charge in [0.15, 0.2) is 0 Å². The molecule has 106 valence electrons. The van der Waals surface area contributed by atoms with Gasteiger partial charge in [0, 0.05) is 36.5 Å². The summed E-state index contributed by atoms with van der Waals surface area (Å²) in [5.74, 6) is 2.63. The predicted molar refractivity (Wildman–Crippen MR) is 79.0 cm³/mol. The van der Waals surface area contributed by atoms with Gasteiger partial charge >= 0.3 is 0 Å². The molecule has 20 heavy (non-hydrogen) atoms. The number of aromatic amines is 1. The fourth-order valence-electron chi connectivity index (χ4n) is 2.91. The van der Waals surface area contributed by atoms with Crippen molar-refractivity contribution >= 4 is 0 Å². The summed E-state index contributed by atoms with van der Waals surface area (Å²) < 4.78 is 5.43. The zero-order valence-corrected chi connectivity index (χ0v) is 12.1.